The summed E-state index contributed by atoms with van der Waals surface area (Å²) in [5, 5.41) is 12.5. The average Bonchev–Trinajstić information content (AvgIpc) is 3.81. The lowest BCUT2D eigenvalue weighted by molar-refractivity contribution is 0.954. The molecular formula is C51H30N4S. The van der Waals surface area contributed by atoms with Crippen LogP contribution in [0.25, 0.3) is 114 Å². The molecule has 0 aliphatic carbocycles. The molecule has 0 atom stereocenters. The maximum Gasteiger partial charge on any atom is 0.238 e. The van der Waals surface area contributed by atoms with Crippen LogP contribution in [-0.4, -0.2) is 19.5 Å². The first-order chi connectivity index (χ1) is 27.7. The van der Waals surface area contributed by atoms with Gasteiger partial charge in [-0.15, -0.1) is 11.3 Å². The predicted octanol–water partition coefficient (Wildman–Crippen LogP) is 13.8. The van der Waals surface area contributed by atoms with Gasteiger partial charge in [0.25, 0.3) is 0 Å². The Labute approximate surface area is 325 Å². The molecule has 0 unspecified atom stereocenters. The molecule has 0 fully saturated rings. The van der Waals surface area contributed by atoms with Gasteiger partial charge >= 0.3 is 0 Å². The zero-order valence-corrected chi connectivity index (χ0v) is 30.8. The molecule has 0 bridgehead atoms. The van der Waals surface area contributed by atoms with Gasteiger partial charge in [0, 0.05) is 42.1 Å². The minimum atomic E-state index is 0.598. The minimum absolute atomic E-state index is 0.598. The van der Waals surface area contributed by atoms with E-state index in [0.29, 0.717) is 17.6 Å². The molecule has 0 aliphatic heterocycles. The van der Waals surface area contributed by atoms with E-state index < -0.39 is 0 Å². The summed E-state index contributed by atoms with van der Waals surface area (Å²) in [6.07, 6.45) is 0. The number of rotatable bonds is 4. The summed E-state index contributed by atoms with van der Waals surface area (Å²) in [4.78, 5) is 15.5. The van der Waals surface area contributed by atoms with E-state index in [2.05, 4.69) is 168 Å². The van der Waals surface area contributed by atoms with Gasteiger partial charge in [0.1, 0.15) is 0 Å². The van der Waals surface area contributed by atoms with Crippen molar-refractivity contribution < 1.29 is 0 Å². The molecule has 0 N–H and O–H groups in total. The van der Waals surface area contributed by atoms with Crippen LogP contribution in [-0.2, 0) is 0 Å². The molecule has 12 rings (SSSR count). The summed E-state index contributed by atoms with van der Waals surface area (Å²) in [5.41, 5.74) is 6.42. The monoisotopic (exact) mass is 730 g/mol. The third-order valence-electron chi connectivity index (χ3n) is 11.2. The van der Waals surface area contributed by atoms with Gasteiger partial charge in [0.15, 0.2) is 11.6 Å². The number of benzene rings is 9. The van der Waals surface area contributed by atoms with E-state index in [9.17, 15) is 0 Å². The highest BCUT2D eigenvalue weighted by molar-refractivity contribution is 7.25. The van der Waals surface area contributed by atoms with Gasteiger partial charge < -0.3 is 0 Å². The molecule has 12 aromatic rings. The fourth-order valence-electron chi connectivity index (χ4n) is 8.63. The molecule has 260 valence electrons. The van der Waals surface area contributed by atoms with E-state index in [1.54, 1.807) is 0 Å². The second-order valence-corrected chi connectivity index (χ2v) is 15.5. The number of hydrogen-bond acceptors (Lipinski definition) is 4. The van der Waals surface area contributed by atoms with Crippen LogP contribution in [0.5, 0.6) is 0 Å². The number of para-hydroxylation sites is 2. The Morgan fingerprint density at radius 2 is 0.732 bits per heavy atom. The van der Waals surface area contributed by atoms with Crippen molar-refractivity contribution in [2.24, 2.45) is 0 Å². The molecule has 0 amide bonds. The van der Waals surface area contributed by atoms with Gasteiger partial charge in [0.2, 0.25) is 5.95 Å². The Hall–Kier alpha value is -7.21. The average molecular weight is 731 g/mol. The van der Waals surface area contributed by atoms with Gasteiger partial charge in [0.05, 0.1) is 11.0 Å². The molecule has 3 heterocycles. The number of aromatic nitrogens is 4. The van der Waals surface area contributed by atoms with Crippen molar-refractivity contribution in [3.63, 3.8) is 0 Å². The fraction of sp³-hybridized carbons (Fsp3) is 0. The zero-order valence-electron chi connectivity index (χ0n) is 30.0. The number of nitrogens with zero attached hydrogens (tertiary/aromatic N) is 4. The summed E-state index contributed by atoms with van der Waals surface area (Å²) in [6.45, 7) is 0. The highest BCUT2D eigenvalue weighted by Gasteiger charge is 2.19. The number of fused-ring (bicyclic) bond motifs is 12. The Balaban J connectivity index is 1.04. The lowest BCUT2D eigenvalue weighted by atomic mass is 9.92. The first-order valence-corrected chi connectivity index (χ1v) is 19.7. The molecule has 0 saturated carbocycles. The summed E-state index contributed by atoms with van der Waals surface area (Å²) >= 11 is 1.82. The minimum Gasteiger partial charge on any atom is -0.278 e. The van der Waals surface area contributed by atoms with E-state index in [1.807, 2.05) is 29.5 Å². The van der Waals surface area contributed by atoms with Crippen molar-refractivity contribution in [3.8, 4) is 39.9 Å². The molecule has 56 heavy (non-hydrogen) atoms. The lowest BCUT2D eigenvalue weighted by Gasteiger charge is -2.12. The van der Waals surface area contributed by atoms with Crippen LogP contribution in [0.1, 0.15) is 0 Å². The Bertz CT molecular complexity index is 3460. The predicted molar refractivity (Wildman–Crippen MR) is 236 cm³/mol. The summed E-state index contributed by atoms with van der Waals surface area (Å²) in [6, 6.07) is 65.1. The Morgan fingerprint density at radius 3 is 1.34 bits per heavy atom. The van der Waals surface area contributed by atoms with Gasteiger partial charge in [-0.1, -0.05) is 133 Å². The van der Waals surface area contributed by atoms with Crippen molar-refractivity contribution in [1.29, 1.82) is 0 Å². The maximum atomic E-state index is 5.23. The van der Waals surface area contributed by atoms with Gasteiger partial charge in [-0.05, 0) is 92.0 Å². The normalized spacial score (nSPS) is 11.9. The third-order valence-corrected chi connectivity index (χ3v) is 12.4. The molecule has 9 aromatic carbocycles. The summed E-state index contributed by atoms with van der Waals surface area (Å²) in [5.74, 6) is 1.88. The smallest absolute Gasteiger partial charge is 0.238 e. The van der Waals surface area contributed by atoms with Crippen LogP contribution in [0, 0.1) is 0 Å². The second kappa shape index (κ2) is 12.2. The summed E-state index contributed by atoms with van der Waals surface area (Å²) in [7, 11) is 0. The standard InChI is InChI=1S/C51H30N4S/c1-2-12-31(13-3-1)49-52-50(54-51(53-49)55-45-20-10-8-18-40(45)41-19-9-11-21-46(41)55)34-24-27-48-44(30-34)43-29-33(23-26-47(43)56-48)32-22-25-39-37-16-5-4-14-35(37)36-15-6-7-17-38(36)42(39)28-32/h1-30H. The van der Waals surface area contributed by atoms with E-state index in [-0.39, 0.29) is 0 Å². The van der Waals surface area contributed by atoms with Gasteiger partial charge in [-0.3, -0.25) is 4.57 Å². The summed E-state index contributed by atoms with van der Waals surface area (Å²) < 4.78 is 4.66. The topological polar surface area (TPSA) is 43.6 Å². The van der Waals surface area contributed by atoms with Crippen molar-refractivity contribution in [3.05, 3.63) is 182 Å². The van der Waals surface area contributed by atoms with Crippen LogP contribution in [0.15, 0.2) is 182 Å². The third kappa shape index (κ3) is 4.75. The molecular weight excluding hydrogens is 701 g/mol. The lowest BCUT2D eigenvalue weighted by Crippen LogP contribution is -2.06. The maximum absolute atomic E-state index is 5.23. The molecule has 4 nitrogen and oxygen atoms in total. The van der Waals surface area contributed by atoms with Crippen LogP contribution < -0.4 is 0 Å². The zero-order chi connectivity index (χ0) is 36.7. The first-order valence-electron chi connectivity index (χ1n) is 18.9. The molecule has 3 aromatic heterocycles. The Kier molecular flexibility index (Phi) is 6.76. The van der Waals surface area contributed by atoms with Crippen molar-refractivity contribution in [1.82, 2.24) is 19.5 Å². The van der Waals surface area contributed by atoms with Crippen LogP contribution in [0.2, 0.25) is 0 Å². The second-order valence-electron chi connectivity index (χ2n) is 14.4. The number of hydrogen-bond donors (Lipinski definition) is 0. The number of thiophene rings is 1. The molecule has 5 heteroatoms. The Morgan fingerprint density at radius 1 is 0.304 bits per heavy atom. The van der Waals surface area contributed by atoms with E-state index in [1.165, 1.54) is 74.4 Å². The highest BCUT2D eigenvalue weighted by atomic mass is 32.1. The van der Waals surface area contributed by atoms with E-state index >= 15 is 0 Å². The van der Waals surface area contributed by atoms with Crippen LogP contribution >= 0.6 is 11.3 Å². The molecule has 0 saturated heterocycles. The molecule has 0 aliphatic rings. The largest absolute Gasteiger partial charge is 0.278 e. The van der Waals surface area contributed by atoms with Crippen molar-refractivity contribution >= 4 is 85.6 Å². The SMILES string of the molecule is c1ccc(-c2nc(-c3ccc4sc5ccc(-c6ccc7c8ccccc8c8ccccc8c7c6)cc5c4c3)nc(-n3c4ccccc4c4ccccc43)n2)cc1. The first kappa shape index (κ1) is 31.2. The highest BCUT2D eigenvalue weighted by Crippen LogP contribution is 2.41. The van der Waals surface area contributed by atoms with Crippen molar-refractivity contribution in [2.45, 2.75) is 0 Å². The van der Waals surface area contributed by atoms with Crippen LogP contribution in [0.3, 0.4) is 0 Å². The quantitative estimate of drug-likeness (QED) is 0.169. The molecule has 0 radical (unpaired) electrons. The fourth-order valence-corrected chi connectivity index (χ4v) is 9.70. The van der Waals surface area contributed by atoms with Gasteiger partial charge in [-0.2, -0.15) is 9.97 Å². The molecule has 0 spiro atoms. The van der Waals surface area contributed by atoms with E-state index in [4.69, 9.17) is 15.0 Å². The van der Waals surface area contributed by atoms with Gasteiger partial charge in [-0.25, -0.2) is 4.98 Å². The van der Waals surface area contributed by atoms with Crippen LogP contribution in [0.4, 0.5) is 0 Å². The van der Waals surface area contributed by atoms with E-state index in [0.717, 1.165) is 22.2 Å². The van der Waals surface area contributed by atoms with Crippen molar-refractivity contribution in [2.75, 3.05) is 0 Å².